The van der Waals surface area contributed by atoms with E-state index in [1.54, 1.807) is 54.4 Å². The molecule has 0 aliphatic heterocycles. The van der Waals surface area contributed by atoms with E-state index in [4.69, 9.17) is 14.2 Å². The number of hydrogen-bond donors (Lipinski definition) is 1. The molecule has 0 fully saturated rings. The lowest BCUT2D eigenvalue weighted by atomic mass is 10.2. The van der Waals surface area contributed by atoms with Gasteiger partial charge < -0.3 is 19.5 Å². The fraction of sp³-hybridized carbons (Fsp3) is 0.304. The minimum absolute atomic E-state index is 0.187. The van der Waals surface area contributed by atoms with Crippen molar-refractivity contribution >= 4 is 21.6 Å². The largest absolute Gasteiger partial charge is 0.488 e. The molecule has 0 spiro atoms. The summed E-state index contributed by atoms with van der Waals surface area (Å²) in [6.45, 7) is 4.85. The van der Waals surface area contributed by atoms with Crippen LogP contribution in [0.3, 0.4) is 0 Å². The van der Waals surface area contributed by atoms with Gasteiger partial charge >= 0.3 is 0 Å². The highest BCUT2D eigenvalue weighted by Crippen LogP contribution is 2.29. The highest BCUT2D eigenvalue weighted by molar-refractivity contribution is 7.90. The number of anilines is 1. The Morgan fingerprint density at radius 3 is 2.39 bits per heavy atom. The monoisotopic (exact) mass is 473 g/mol. The Balaban J connectivity index is 1.87. The van der Waals surface area contributed by atoms with Gasteiger partial charge in [0.1, 0.15) is 23.4 Å². The van der Waals surface area contributed by atoms with Gasteiger partial charge in [-0.05, 0) is 50.2 Å². The molecule has 1 atom stereocenters. The maximum Gasteiger partial charge on any atom is 0.257 e. The second-order valence-electron chi connectivity index (χ2n) is 7.43. The number of benzene rings is 2. The lowest BCUT2D eigenvalue weighted by molar-refractivity contribution is 0.0915. The van der Waals surface area contributed by atoms with E-state index in [0.717, 1.165) is 6.26 Å². The molecule has 1 N–H and O–H groups in total. The van der Waals surface area contributed by atoms with Crippen LogP contribution >= 0.6 is 0 Å². The zero-order valence-electron chi connectivity index (χ0n) is 18.9. The second kappa shape index (κ2) is 10.5. The molecule has 10 heteroatoms. The van der Waals surface area contributed by atoms with Gasteiger partial charge in [0, 0.05) is 43.8 Å². The number of aromatic nitrogens is 2. The Morgan fingerprint density at radius 2 is 1.79 bits per heavy atom. The maximum absolute atomic E-state index is 12.9. The predicted molar refractivity (Wildman–Crippen MR) is 124 cm³/mol. The quantitative estimate of drug-likeness (QED) is 0.477. The molecule has 1 amide bonds. The summed E-state index contributed by atoms with van der Waals surface area (Å²) in [4.78, 5) is 13.1. The van der Waals surface area contributed by atoms with Gasteiger partial charge in [-0.2, -0.15) is 5.10 Å². The molecule has 0 aliphatic carbocycles. The van der Waals surface area contributed by atoms with Crippen LogP contribution in [-0.2, 0) is 21.1 Å². The van der Waals surface area contributed by atoms with Crippen LogP contribution in [0.4, 0.5) is 5.82 Å². The number of hydrogen-bond acceptors (Lipinski definition) is 7. The first-order chi connectivity index (χ1) is 15.7. The number of carbonyl (C=O) groups is 1. The first-order valence-electron chi connectivity index (χ1n) is 10.3. The average molecular weight is 474 g/mol. The number of nitrogens with zero attached hydrogens (tertiary/aromatic N) is 2. The molecule has 2 aromatic carbocycles. The lowest BCUT2D eigenvalue weighted by Gasteiger charge is -2.16. The molecule has 3 rings (SSSR count). The predicted octanol–water partition coefficient (Wildman–Crippen LogP) is 3.76. The van der Waals surface area contributed by atoms with Crippen LogP contribution in [-0.4, -0.2) is 50.2 Å². The van der Waals surface area contributed by atoms with Gasteiger partial charge in [0.2, 0.25) is 0 Å². The van der Waals surface area contributed by atoms with E-state index in [1.165, 1.54) is 12.1 Å². The van der Waals surface area contributed by atoms with Crippen molar-refractivity contribution in [2.75, 3.05) is 25.3 Å². The van der Waals surface area contributed by atoms with Crippen LogP contribution in [0.5, 0.6) is 17.2 Å². The van der Waals surface area contributed by atoms with Gasteiger partial charge in [-0.3, -0.25) is 9.48 Å². The number of aryl methyl sites for hydroxylation is 1. The van der Waals surface area contributed by atoms with Crippen molar-refractivity contribution in [3.8, 4) is 17.2 Å². The van der Waals surface area contributed by atoms with E-state index in [0.29, 0.717) is 41.8 Å². The third-order valence-corrected chi connectivity index (χ3v) is 5.70. The summed E-state index contributed by atoms with van der Waals surface area (Å²) < 4.78 is 41.9. The molecule has 3 aromatic rings. The van der Waals surface area contributed by atoms with Gasteiger partial charge in [-0.25, -0.2) is 8.42 Å². The number of amides is 1. The molecule has 0 aliphatic rings. The van der Waals surface area contributed by atoms with E-state index < -0.39 is 9.84 Å². The SMILES string of the molecule is CCn1ccc(NC(=O)c2cc(Oc3ccc(S(C)(=O)=O)cc3)cc(OC(C)COC)c2)n1. The second-order valence-corrected chi connectivity index (χ2v) is 9.45. The molecule has 0 bridgehead atoms. The van der Waals surface area contributed by atoms with Crippen molar-refractivity contribution in [2.45, 2.75) is 31.4 Å². The first kappa shape index (κ1) is 24.3. The van der Waals surface area contributed by atoms with Gasteiger partial charge in [-0.1, -0.05) is 0 Å². The number of sulfone groups is 1. The van der Waals surface area contributed by atoms with Gasteiger partial charge in [0.05, 0.1) is 11.5 Å². The van der Waals surface area contributed by atoms with Crippen LogP contribution in [0.25, 0.3) is 0 Å². The summed E-state index contributed by atoms with van der Waals surface area (Å²) >= 11 is 0. The fourth-order valence-corrected chi connectivity index (χ4v) is 3.65. The van der Waals surface area contributed by atoms with Crippen molar-refractivity contribution in [1.29, 1.82) is 0 Å². The third kappa shape index (κ3) is 6.80. The molecule has 33 heavy (non-hydrogen) atoms. The Kier molecular flexibility index (Phi) is 7.72. The molecule has 0 saturated carbocycles. The van der Waals surface area contributed by atoms with E-state index in [2.05, 4.69) is 10.4 Å². The van der Waals surface area contributed by atoms with Gasteiger partial charge in [0.25, 0.3) is 5.91 Å². The highest BCUT2D eigenvalue weighted by Gasteiger charge is 2.15. The molecule has 0 saturated heterocycles. The number of nitrogens with one attached hydrogen (secondary N) is 1. The van der Waals surface area contributed by atoms with Crippen molar-refractivity contribution in [1.82, 2.24) is 9.78 Å². The van der Waals surface area contributed by atoms with Crippen molar-refractivity contribution in [3.63, 3.8) is 0 Å². The summed E-state index contributed by atoms with van der Waals surface area (Å²) in [6, 6.07) is 12.6. The Labute approximate surface area is 193 Å². The molecule has 1 unspecified atom stereocenters. The molecule has 1 heterocycles. The van der Waals surface area contributed by atoms with Crippen molar-refractivity contribution in [3.05, 3.63) is 60.3 Å². The lowest BCUT2D eigenvalue weighted by Crippen LogP contribution is -2.18. The van der Waals surface area contributed by atoms with E-state index in [9.17, 15) is 13.2 Å². The van der Waals surface area contributed by atoms with E-state index in [1.807, 2.05) is 13.8 Å². The minimum Gasteiger partial charge on any atom is -0.488 e. The smallest absolute Gasteiger partial charge is 0.257 e. The van der Waals surface area contributed by atoms with E-state index >= 15 is 0 Å². The standard InChI is InChI=1S/C23H27N3O6S/c1-5-26-11-10-22(25-26)24-23(27)17-12-19(31-16(2)15-30-3)14-20(13-17)32-18-6-8-21(9-7-18)33(4,28)29/h6-14,16H,5,15H2,1-4H3,(H,24,25,27). The van der Waals surface area contributed by atoms with Crippen LogP contribution in [0, 0.1) is 0 Å². The highest BCUT2D eigenvalue weighted by atomic mass is 32.2. The van der Waals surface area contributed by atoms with Crippen molar-refractivity contribution < 1.29 is 27.4 Å². The maximum atomic E-state index is 12.9. The minimum atomic E-state index is -3.31. The Morgan fingerprint density at radius 1 is 1.09 bits per heavy atom. The molecule has 176 valence electrons. The normalized spacial score (nSPS) is 12.2. The number of carbonyl (C=O) groups excluding carboxylic acids is 1. The number of rotatable bonds is 10. The summed E-state index contributed by atoms with van der Waals surface area (Å²) in [6.07, 6.45) is 2.66. The summed E-state index contributed by atoms with van der Waals surface area (Å²) in [5.74, 6) is 1.25. The molecule has 1 aromatic heterocycles. The molecular formula is C23H27N3O6S. The van der Waals surface area contributed by atoms with Crippen molar-refractivity contribution in [2.24, 2.45) is 0 Å². The van der Waals surface area contributed by atoms with Gasteiger partial charge in [-0.15, -0.1) is 0 Å². The number of methoxy groups -OCH3 is 1. The first-order valence-corrected chi connectivity index (χ1v) is 12.2. The topological polar surface area (TPSA) is 109 Å². The van der Waals surface area contributed by atoms with E-state index in [-0.39, 0.29) is 16.9 Å². The fourth-order valence-electron chi connectivity index (χ4n) is 3.01. The van der Waals surface area contributed by atoms with Crippen LogP contribution in [0.15, 0.2) is 59.6 Å². The van der Waals surface area contributed by atoms with Crippen LogP contribution in [0.2, 0.25) is 0 Å². The van der Waals surface area contributed by atoms with Crippen LogP contribution < -0.4 is 14.8 Å². The summed E-state index contributed by atoms with van der Waals surface area (Å²) in [5, 5.41) is 7.02. The molecule has 0 radical (unpaired) electrons. The summed E-state index contributed by atoms with van der Waals surface area (Å²) in [5.41, 5.74) is 0.311. The summed E-state index contributed by atoms with van der Waals surface area (Å²) in [7, 11) is -1.74. The number of ether oxygens (including phenoxy) is 3. The Hall–Kier alpha value is -3.37. The van der Waals surface area contributed by atoms with Crippen LogP contribution in [0.1, 0.15) is 24.2 Å². The average Bonchev–Trinajstić information content (AvgIpc) is 3.21. The molecule has 9 nitrogen and oxygen atoms in total. The Bertz CT molecular complexity index is 1210. The zero-order chi connectivity index (χ0) is 24.0. The zero-order valence-corrected chi connectivity index (χ0v) is 19.8. The molecular weight excluding hydrogens is 446 g/mol. The third-order valence-electron chi connectivity index (χ3n) is 4.57. The van der Waals surface area contributed by atoms with Gasteiger partial charge in [0.15, 0.2) is 15.7 Å².